The number of hydrogen-bond acceptors (Lipinski definition) is 3. The number of nitrogens with zero attached hydrogens (tertiary/aromatic N) is 3. The molecule has 0 amide bonds. The SMILES string of the molecule is CC(C)Cc1cc(-c2[c-]cccc2)ncc1[Si](C)(C)C.[Ir].[c-]1ccc2c(oc3ccccc32)c1-c1nc2ccccc2n1-c1ccccc1. The monoisotopic (exact) mass is 834 g/mol. The minimum atomic E-state index is -1.34. The molecule has 0 bridgehead atoms. The van der Waals surface area contributed by atoms with E-state index in [2.05, 4.69) is 104 Å². The first-order valence-electron chi connectivity index (χ1n) is 16.6. The van der Waals surface area contributed by atoms with Gasteiger partial charge in [-0.3, -0.25) is 4.98 Å². The molecule has 0 saturated carbocycles. The molecule has 6 heteroatoms. The Morgan fingerprint density at radius 1 is 0.776 bits per heavy atom. The average molecular weight is 834 g/mol. The predicted octanol–water partition coefficient (Wildman–Crippen LogP) is 10.7. The number of para-hydroxylation sites is 4. The van der Waals surface area contributed by atoms with Crippen molar-refractivity contribution in [1.82, 2.24) is 14.5 Å². The fraction of sp³-hybridized carbons (Fsp3) is 0.163. The molecule has 8 aromatic rings. The number of hydrogen-bond donors (Lipinski definition) is 0. The van der Waals surface area contributed by atoms with E-state index in [1.807, 2.05) is 78.9 Å². The van der Waals surface area contributed by atoms with Crippen LogP contribution in [0.2, 0.25) is 19.6 Å². The summed E-state index contributed by atoms with van der Waals surface area (Å²) in [7, 11) is -1.34. The summed E-state index contributed by atoms with van der Waals surface area (Å²) < 4.78 is 8.41. The number of benzene rings is 5. The second-order valence-electron chi connectivity index (χ2n) is 13.6. The van der Waals surface area contributed by atoms with E-state index in [-0.39, 0.29) is 20.1 Å². The smallest absolute Gasteiger partial charge is 0.120 e. The number of pyridine rings is 1. The Morgan fingerprint density at radius 3 is 2.27 bits per heavy atom. The topological polar surface area (TPSA) is 43.9 Å². The van der Waals surface area contributed by atoms with Gasteiger partial charge in [-0.15, -0.1) is 54.1 Å². The van der Waals surface area contributed by atoms with Crippen molar-refractivity contribution >= 4 is 46.2 Å². The van der Waals surface area contributed by atoms with Gasteiger partial charge >= 0.3 is 0 Å². The molecule has 49 heavy (non-hydrogen) atoms. The van der Waals surface area contributed by atoms with Crippen LogP contribution in [0.25, 0.3) is 61.3 Å². The quantitative estimate of drug-likeness (QED) is 0.124. The molecule has 0 aliphatic rings. The van der Waals surface area contributed by atoms with Gasteiger partial charge in [0.15, 0.2) is 0 Å². The third kappa shape index (κ3) is 7.09. The van der Waals surface area contributed by atoms with Gasteiger partial charge in [0, 0.05) is 37.4 Å². The summed E-state index contributed by atoms with van der Waals surface area (Å²) in [6.07, 6.45) is 3.24. The Balaban J connectivity index is 0.000000177. The zero-order valence-electron chi connectivity index (χ0n) is 28.5. The summed E-state index contributed by atoms with van der Waals surface area (Å²) in [5.41, 5.74) is 9.23. The van der Waals surface area contributed by atoms with E-state index >= 15 is 0 Å². The van der Waals surface area contributed by atoms with E-state index in [1.165, 1.54) is 10.8 Å². The Labute approximate surface area is 303 Å². The third-order valence-corrected chi connectivity index (χ3v) is 10.6. The van der Waals surface area contributed by atoms with Gasteiger partial charge in [-0.05, 0) is 53.6 Å². The van der Waals surface area contributed by atoms with Crippen molar-refractivity contribution in [3.05, 3.63) is 145 Å². The van der Waals surface area contributed by atoms with Crippen LogP contribution in [0.15, 0.2) is 132 Å². The van der Waals surface area contributed by atoms with E-state index in [1.54, 1.807) is 0 Å². The fourth-order valence-corrected chi connectivity index (χ4v) is 7.96. The Morgan fingerprint density at radius 2 is 1.51 bits per heavy atom. The molecule has 247 valence electrons. The summed E-state index contributed by atoms with van der Waals surface area (Å²) in [5, 5.41) is 3.68. The molecular weight excluding hydrogens is 795 g/mol. The Bertz CT molecular complexity index is 2340. The van der Waals surface area contributed by atoms with Crippen molar-refractivity contribution in [3.63, 3.8) is 0 Å². The molecule has 4 nitrogen and oxygen atoms in total. The molecule has 0 aliphatic heterocycles. The van der Waals surface area contributed by atoms with Crippen LogP contribution in [0, 0.1) is 18.1 Å². The average Bonchev–Trinajstić information content (AvgIpc) is 3.67. The van der Waals surface area contributed by atoms with Crippen molar-refractivity contribution in [1.29, 1.82) is 0 Å². The number of fused-ring (bicyclic) bond motifs is 4. The molecule has 1 radical (unpaired) electrons. The predicted molar refractivity (Wildman–Crippen MR) is 203 cm³/mol. The molecule has 0 aliphatic carbocycles. The molecule has 0 atom stereocenters. The maximum absolute atomic E-state index is 6.24. The maximum atomic E-state index is 6.24. The van der Waals surface area contributed by atoms with Gasteiger partial charge in [-0.1, -0.05) is 105 Å². The van der Waals surface area contributed by atoms with Crippen molar-refractivity contribution in [2.24, 2.45) is 5.92 Å². The first-order valence-corrected chi connectivity index (χ1v) is 20.1. The second-order valence-corrected chi connectivity index (χ2v) is 18.7. The zero-order chi connectivity index (χ0) is 33.3. The molecule has 3 heterocycles. The third-order valence-electron chi connectivity index (χ3n) is 8.55. The largest absolute Gasteiger partial charge is 0.501 e. The van der Waals surface area contributed by atoms with E-state index < -0.39 is 8.07 Å². The minimum Gasteiger partial charge on any atom is -0.501 e. The minimum absolute atomic E-state index is 0. The molecule has 0 N–H and O–H groups in total. The van der Waals surface area contributed by atoms with Gasteiger partial charge in [0.2, 0.25) is 0 Å². The summed E-state index contributed by atoms with van der Waals surface area (Å²) in [6, 6.07) is 47.6. The second kappa shape index (κ2) is 14.5. The van der Waals surface area contributed by atoms with Gasteiger partial charge in [-0.2, -0.15) is 0 Å². The fourth-order valence-electron chi connectivity index (χ4n) is 6.37. The van der Waals surface area contributed by atoms with Crippen molar-refractivity contribution < 1.29 is 24.5 Å². The summed E-state index contributed by atoms with van der Waals surface area (Å²) in [4.78, 5) is 9.64. The molecule has 3 aromatic heterocycles. The van der Waals surface area contributed by atoms with E-state index in [0.29, 0.717) is 5.92 Å². The summed E-state index contributed by atoms with van der Waals surface area (Å²) in [5.74, 6) is 1.50. The molecule has 0 spiro atoms. The molecular formula is C43H39IrN3OSi-2. The summed E-state index contributed by atoms with van der Waals surface area (Å²) in [6.45, 7) is 11.7. The van der Waals surface area contributed by atoms with Crippen LogP contribution in [-0.4, -0.2) is 22.6 Å². The molecule has 0 saturated heterocycles. The number of rotatable bonds is 6. The van der Waals surface area contributed by atoms with Crippen LogP contribution in [0.3, 0.4) is 0 Å². The molecule has 8 rings (SSSR count). The number of furan rings is 1. The Hall–Kier alpha value is -4.61. The maximum Gasteiger partial charge on any atom is 0.120 e. The van der Waals surface area contributed by atoms with E-state index in [0.717, 1.165) is 67.7 Å². The van der Waals surface area contributed by atoms with E-state index in [4.69, 9.17) is 9.40 Å². The van der Waals surface area contributed by atoms with Crippen molar-refractivity contribution in [3.8, 4) is 28.3 Å². The van der Waals surface area contributed by atoms with Gasteiger partial charge in [0.25, 0.3) is 0 Å². The normalized spacial score (nSPS) is 11.5. The van der Waals surface area contributed by atoms with Crippen molar-refractivity contribution in [2.45, 2.75) is 39.9 Å². The van der Waals surface area contributed by atoms with E-state index in [9.17, 15) is 0 Å². The van der Waals surface area contributed by atoms with Gasteiger partial charge in [-0.25, -0.2) is 0 Å². The number of aromatic nitrogens is 3. The van der Waals surface area contributed by atoms with Crippen LogP contribution in [0.5, 0.6) is 0 Å². The standard InChI is InChI=1S/C25H15N2O.C18H24NSi.Ir/c1-2-9-17(10-3-1)27-22-15-6-5-14-21(22)26-25(27)20-13-8-12-19-18-11-4-7-16-23(18)28-24(19)20;1-14(2)11-16-12-17(15-9-7-6-8-10-15)19-13-18(16)20(3,4)5;/h1-12,14-16H;6-9,12-14H,11H2,1-5H3;/q2*-1;. The molecule has 0 unspecified atom stereocenters. The van der Waals surface area contributed by atoms with Gasteiger partial charge in [0.1, 0.15) is 5.58 Å². The first kappa shape index (κ1) is 34.3. The number of imidazole rings is 1. The molecule has 5 aromatic carbocycles. The summed E-state index contributed by atoms with van der Waals surface area (Å²) >= 11 is 0. The van der Waals surface area contributed by atoms with Crippen molar-refractivity contribution in [2.75, 3.05) is 0 Å². The van der Waals surface area contributed by atoms with Crippen LogP contribution in [-0.2, 0) is 26.5 Å². The molecule has 0 fully saturated rings. The van der Waals surface area contributed by atoms with Crippen LogP contribution < -0.4 is 5.19 Å². The van der Waals surface area contributed by atoms with Crippen LogP contribution in [0.1, 0.15) is 19.4 Å². The Kier molecular flexibility index (Phi) is 10.1. The van der Waals surface area contributed by atoms with Crippen LogP contribution in [0.4, 0.5) is 0 Å². The van der Waals surface area contributed by atoms with Crippen LogP contribution >= 0.6 is 0 Å². The first-order chi connectivity index (χ1) is 23.3. The van der Waals surface area contributed by atoms with Gasteiger partial charge in [0.05, 0.1) is 30.5 Å². The van der Waals surface area contributed by atoms with Gasteiger partial charge < -0.3 is 14.0 Å². The zero-order valence-corrected chi connectivity index (χ0v) is 31.9.